The van der Waals surface area contributed by atoms with Crippen LogP contribution in [0.25, 0.3) is 0 Å². The van der Waals surface area contributed by atoms with Gasteiger partial charge in [-0.25, -0.2) is 9.18 Å². The zero-order valence-electron chi connectivity index (χ0n) is 21.3. The molecule has 0 aromatic heterocycles. The van der Waals surface area contributed by atoms with Crippen LogP contribution in [0.4, 0.5) is 20.6 Å². The van der Waals surface area contributed by atoms with E-state index in [4.69, 9.17) is 9.47 Å². The summed E-state index contributed by atoms with van der Waals surface area (Å²) in [5.74, 6) is -0.251. The van der Waals surface area contributed by atoms with E-state index >= 15 is 0 Å². The van der Waals surface area contributed by atoms with Crippen LogP contribution in [0.5, 0.6) is 0 Å². The number of ether oxygens (including phenoxy) is 3. The minimum absolute atomic E-state index is 0.182. The molecule has 8 nitrogen and oxygen atoms in total. The molecule has 2 fully saturated rings. The lowest BCUT2D eigenvalue weighted by Crippen LogP contribution is -2.36. The van der Waals surface area contributed by atoms with Gasteiger partial charge in [0.1, 0.15) is 17.7 Å². The van der Waals surface area contributed by atoms with Crippen molar-refractivity contribution >= 4 is 29.2 Å². The number of halogens is 1. The van der Waals surface area contributed by atoms with Gasteiger partial charge in [0, 0.05) is 32.4 Å². The van der Waals surface area contributed by atoms with Crippen LogP contribution in [0.3, 0.4) is 0 Å². The molecule has 0 N–H and O–H groups in total. The lowest BCUT2D eigenvalue weighted by atomic mass is 10.0. The average Bonchev–Trinajstić information content (AvgIpc) is 3.26. The number of methoxy groups -OCH3 is 1. The minimum atomic E-state index is -0.444. The number of nitrogens with zero attached hydrogens (tertiary/aromatic N) is 2. The van der Waals surface area contributed by atoms with Gasteiger partial charge in [-0.1, -0.05) is 19.3 Å². The number of morpholine rings is 1. The average molecular weight is 507 g/mol. The van der Waals surface area contributed by atoms with E-state index in [1.807, 2.05) is 4.90 Å². The number of hydrogen-bond acceptors (Lipinski definition) is 7. The number of unbranched alkanes of at least 4 members (excludes halogenated alkanes) is 5. The maximum atomic E-state index is 14.7. The zero-order chi connectivity index (χ0) is 25.8. The number of carbonyl (C=O) groups excluding carboxylic acids is 3. The number of ketones is 1. The molecule has 1 amide bonds. The minimum Gasteiger partial charge on any atom is -0.469 e. The molecule has 2 aliphatic heterocycles. The Morgan fingerprint density at radius 3 is 2.33 bits per heavy atom. The number of amides is 1. The molecular weight excluding hydrogens is 467 g/mol. The number of cyclic esters (lactones) is 1. The second-order valence-corrected chi connectivity index (χ2v) is 9.48. The number of anilines is 2. The lowest BCUT2D eigenvalue weighted by Gasteiger charge is -2.29. The fraction of sp³-hybridized carbons (Fsp3) is 0.667. The van der Waals surface area contributed by atoms with E-state index in [2.05, 4.69) is 4.74 Å². The summed E-state index contributed by atoms with van der Waals surface area (Å²) in [4.78, 5) is 38.9. The summed E-state index contributed by atoms with van der Waals surface area (Å²) in [7, 11) is 1.39. The van der Waals surface area contributed by atoms with E-state index in [-0.39, 0.29) is 23.7 Å². The molecule has 2 saturated heterocycles. The van der Waals surface area contributed by atoms with Crippen molar-refractivity contribution in [3.05, 3.63) is 24.0 Å². The molecule has 9 heteroatoms. The van der Waals surface area contributed by atoms with Gasteiger partial charge in [0.2, 0.25) is 0 Å². The van der Waals surface area contributed by atoms with Gasteiger partial charge in [-0.05, 0) is 50.3 Å². The van der Waals surface area contributed by atoms with Gasteiger partial charge in [0.25, 0.3) is 0 Å². The largest absolute Gasteiger partial charge is 0.469 e. The monoisotopic (exact) mass is 506 g/mol. The first-order valence-electron chi connectivity index (χ1n) is 13.2. The summed E-state index contributed by atoms with van der Waals surface area (Å²) in [6.45, 7) is 2.86. The second-order valence-electron chi connectivity index (χ2n) is 9.48. The third-order valence-electron chi connectivity index (χ3n) is 6.76. The standard InChI is InChI=1S/C27H39FN2O6/c1-34-26(32)12-8-3-2-5-9-22(31)10-6-4-7-11-23-20-30(27(33)36-23)21-13-14-25(24(28)19-21)29-15-17-35-18-16-29/h13-14,19,23H,2-12,15-18,20H2,1H3/t23-/m0/s1. The molecule has 2 aliphatic rings. The Morgan fingerprint density at radius 1 is 1.00 bits per heavy atom. The molecule has 0 radical (unpaired) electrons. The van der Waals surface area contributed by atoms with Crippen molar-refractivity contribution in [2.45, 2.75) is 76.7 Å². The summed E-state index contributed by atoms with van der Waals surface area (Å²) < 4.78 is 30.2. The maximum Gasteiger partial charge on any atom is 0.414 e. The molecule has 3 rings (SSSR count). The topological polar surface area (TPSA) is 85.4 Å². The van der Waals surface area contributed by atoms with Crippen LogP contribution in [0.2, 0.25) is 0 Å². The van der Waals surface area contributed by atoms with E-state index in [0.717, 1.165) is 51.4 Å². The van der Waals surface area contributed by atoms with Crippen LogP contribution in [0.1, 0.15) is 70.6 Å². The van der Waals surface area contributed by atoms with E-state index in [1.165, 1.54) is 18.1 Å². The number of benzene rings is 1. The summed E-state index contributed by atoms with van der Waals surface area (Å²) >= 11 is 0. The van der Waals surface area contributed by atoms with Crippen molar-refractivity contribution in [3.63, 3.8) is 0 Å². The van der Waals surface area contributed by atoms with E-state index < -0.39 is 6.09 Å². The lowest BCUT2D eigenvalue weighted by molar-refractivity contribution is -0.140. The van der Waals surface area contributed by atoms with Gasteiger partial charge < -0.3 is 19.1 Å². The van der Waals surface area contributed by atoms with Crippen LogP contribution in [0, 0.1) is 5.82 Å². The summed E-state index contributed by atoms with van der Waals surface area (Å²) in [5.41, 5.74) is 1.03. The molecule has 2 heterocycles. The number of hydrogen-bond donors (Lipinski definition) is 0. The van der Waals surface area contributed by atoms with Crippen molar-refractivity contribution in [2.75, 3.05) is 49.8 Å². The first-order chi connectivity index (χ1) is 17.5. The van der Waals surface area contributed by atoms with Crippen molar-refractivity contribution in [1.82, 2.24) is 0 Å². The maximum absolute atomic E-state index is 14.7. The second kappa shape index (κ2) is 14.8. The van der Waals surface area contributed by atoms with Gasteiger partial charge in [0.15, 0.2) is 0 Å². The van der Waals surface area contributed by atoms with Crippen molar-refractivity contribution in [1.29, 1.82) is 0 Å². The van der Waals surface area contributed by atoms with Crippen molar-refractivity contribution in [3.8, 4) is 0 Å². The molecule has 36 heavy (non-hydrogen) atoms. The molecule has 0 bridgehead atoms. The predicted molar refractivity (Wildman–Crippen MR) is 135 cm³/mol. The van der Waals surface area contributed by atoms with E-state index in [1.54, 1.807) is 12.1 Å². The van der Waals surface area contributed by atoms with E-state index in [0.29, 0.717) is 63.5 Å². The zero-order valence-corrected chi connectivity index (χ0v) is 21.3. The number of Topliss-reactive ketones (excluding diaryl/α,β-unsaturated/α-hetero) is 1. The molecule has 1 aromatic rings. The Kier molecular flexibility index (Phi) is 11.5. The summed E-state index contributed by atoms with van der Waals surface area (Å²) in [5, 5.41) is 0. The molecule has 200 valence electrons. The summed E-state index contributed by atoms with van der Waals surface area (Å²) in [6.07, 6.45) is 7.83. The van der Waals surface area contributed by atoms with Crippen molar-refractivity contribution < 1.29 is 33.0 Å². The molecule has 0 unspecified atom stereocenters. The van der Waals surface area contributed by atoms with Crippen molar-refractivity contribution in [2.24, 2.45) is 0 Å². The Bertz CT molecular complexity index is 874. The number of carbonyl (C=O) groups is 3. The fourth-order valence-corrected chi connectivity index (χ4v) is 4.65. The third kappa shape index (κ3) is 8.76. The van der Waals surface area contributed by atoms with Gasteiger partial charge in [0.05, 0.1) is 38.2 Å². The number of esters is 1. The van der Waals surface area contributed by atoms with Crippen LogP contribution in [-0.4, -0.2) is 63.9 Å². The molecule has 1 atom stereocenters. The fourth-order valence-electron chi connectivity index (χ4n) is 4.65. The molecular formula is C27H39FN2O6. The predicted octanol–water partition coefficient (Wildman–Crippen LogP) is 5.02. The highest BCUT2D eigenvalue weighted by molar-refractivity contribution is 5.90. The smallest absolute Gasteiger partial charge is 0.414 e. The van der Waals surface area contributed by atoms with Crippen LogP contribution in [-0.2, 0) is 23.8 Å². The highest BCUT2D eigenvalue weighted by Crippen LogP contribution is 2.29. The quantitative estimate of drug-likeness (QED) is 0.244. The van der Waals surface area contributed by atoms with Crippen LogP contribution < -0.4 is 9.80 Å². The normalized spacial score (nSPS) is 17.8. The van der Waals surface area contributed by atoms with Gasteiger partial charge in [-0.3, -0.25) is 14.5 Å². The van der Waals surface area contributed by atoms with Crippen LogP contribution in [0.15, 0.2) is 18.2 Å². The first kappa shape index (κ1) is 27.9. The first-order valence-corrected chi connectivity index (χ1v) is 13.2. The Labute approximate surface area is 213 Å². The highest BCUT2D eigenvalue weighted by atomic mass is 19.1. The SMILES string of the molecule is COC(=O)CCCCCCC(=O)CCCCC[C@H]1CN(c2ccc(N3CCOCC3)c(F)c2)C(=O)O1. The summed E-state index contributed by atoms with van der Waals surface area (Å²) in [6, 6.07) is 4.89. The van der Waals surface area contributed by atoms with Crippen LogP contribution >= 0.6 is 0 Å². The molecule has 0 aliphatic carbocycles. The van der Waals surface area contributed by atoms with E-state index in [9.17, 15) is 18.8 Å². The molecule has 0 saturated carbocycles. The Balaban J connectivity index is 1.28. The molecule has 0 spiro atoms. The molecule has 1 aromatic carbocycles. The van der Waals surface area contributed by atoms with Gasteiger partial charge in [-0.15, -0.1) is 0 Å². The third-order valence-corrected chi connectivity index (χ3v) is 6.76. The highest BCUT2D eigenvalue weighted by Gasteiger charge is 2.32. The Morgan fingerprint density at radius 2 is 1.67 bits per heavy atom. The van der Waals surface area contributed by atoms with Gasteiger partial charge >= 0.3 is 12.1 Å². The number of rotatable bonds is 15. The van der Waals surface area contributed by atoms with Gasteiger partial charge in [-0.2, -0.15) is 0 Å². The Hall–Kier alpha value is -2.68.